The molecular weight excluding hydrogens is 214 g/mol. The quantitative estimate of drug-likeness (QED) is 0.763. The lowest BCUT2D eigenvalue weighted by Crippen LogP contribution is -2.47. The Labute approximate surface area is 103 Å². The number of benzene rings is 1. The van der Waals surface area contributed by atoms with Gasteiger partial charge in [-0.3, -0.25) is 0 Å². The maximum Gasteiger partial charge on any atom is 0.119 e. The van der Waals surface area contributed by atoms with Crippen molar-refractivity contribution in [3.63, 3.8) is 0 Å². The molecule has 1 aliphatic heterocycles. The highest BCUT2D eigenvalue weighted by atomic mass is 16.5. The van der Waals surface area contributed by atoms with Gasteiger partial charge in [0.25, 0.3) is 0 Å². The van der Waals surface area contributed by atoms with E-state index in [9.17, 15) is 0 Å². The van der Waals surface area contributed by atoms with Gasteiger partial charge in [0.15, 0.2) is 0 Å². The summed E-state index contributed by atoms with van der Waals surface area (Å²) in [5.41, 5.74) is 1.67. The highest BCUT2D eigenvalue weighted by molar-refractivity contribution is 5.28. The Bertz CT molecular complexity index is 361. The number of nitrogens with one attached hydrogen (secondary N) is 1. The zero-order valence-corrected chi connectivity index (χ0v) is 10.7. The van der Waals surface area contributed by atoms with E-state index in [2.05, 4.69) is 24.4 Å². The van der Waals surface area contributed by atoms with E-state index in [4.69, 9.17) is 9.47 Å². The molecule has 0 aromatic heterocycles. The summed E-state index contributed by atoms with van der Waals surface area (Å²) in [7, 11) is 1.70. The molecular formula is C14H21NO2. The van der Waals surface area contributed by atoms with Crippen LogP contribution in [0.1, 0.15) is 12.5 Å². The van der Waals surface area contributed by atoms with E-state index in [0.717, 1.165) is 38.5 Å². The third-order valence-corrected chi connectivity index (χ3v) is 3.18. The van der Waals surface area contributed by atoms with Gasteiger partial charge in [0.1, 0.15) is 5.75 Å². The summed E-state index contributed by atoms with van der Waals surface area (Å²) in [5.74, 6) is 0.932. The molecule has 3 nitrogen and oxygen atoms in total. The molecule has 0 spiro atoms. The lowest BCUT2D eigenvalue weighted by Gasteiger charge is -2.38. The third kappa shape index (κ3) is 3.45. The standard InChI is InChI=1S/C14H21NO2/c1-14(10-17-11-14)9-15-7-6-12-4-3-5-13(8-12)16-2/h3-5,8,15H,6-7,9-11H2,1-2H3. The molecule has 0 saturated carbocycles. The first kappa shape index (κ1) is 12.4. The Hall–Kier alpha value is -1.06. The van der Waals surface area contributed by atoms with Crippen LogP contribution in [0.4, 0.5) is 0 Å². The smallest absolute Gasteiger partial charge is 0.119 e. The molecule has 0 atom stereocenters. The first-order valence-electron chi connectivity index (χ1n) is 6.13. The minimum absolute atomic E-state index is 0.356. The van der Waals surface area contributed by atoms with Gasteiger partial charge in [0, 0.05) is 12.0 Å². The summed E-state index contributed by atoms with van der Waals surface area (Å²) in [4.78, 5) is 0. The van der Waals surface area contributed by atoms with Gasteiger partial charge in [-0.1, -0.05) is 19.1 Å². The van der Waals surface area contributed by atoms with E-state index in [1.54, 1.807) is 7.11 Å². The van der Waals surface area contributed by atoms with Gasteiger partial charge in [0.2, 0.25) is 0 Å². The topological polar surface area (TPSA) is 30.5 Å². The highest BCUT2D eigenvalue weighted by Gasteiger charge is 2.32. The minimum Gasteiger partial charge on any atom is -0.497 e. The van der Waals surface area contributed by atoms with Gasteiger partial charge >= 0.3 is 0 Å². The molecule has 0 aliphatic carbocycles. The number of ether oxygens (including phenoxy) is 2. The number of methoxy groups -OCH3 is 1. The van der Waals surface area contributed by atoms with Crippen LogP contribution in [0, 0.1) is 5.41 Å². The van der Waals surface area contributed by atoms with E-state index in [0.29, 0.717) is 5.41 Å². The monoisotopic (exact) mass is 235 g/mol. The van der Waals surface area contributed by atoms with Gasteiger partial charge in [-0.05, 0) is 30.7 Å². The van der Waals surface area contributed by atoms with Crippen LogP contribution in [0.25, 0.3) is 0 Å². The molecule has 3 heteroatoms. The molecule has 1 fully saturated rings. The zero-order chi connectivity index (χ0) is 12.1. The second-order valence-corrected chi connectivity index (χ2v) is 5.08. The first-order valence-corrected chi connectivity index (χ1v) is 6.13. The fourth-order valence-electron chi connectivity index (χ4n) is 2.00. The van der Waals surface area contributed by atoms with Crippen LogP contribution in [0.3, 0.4) is 0 Å². The molecule has 1 N–H and O–H groups in total. The van der Waals surface area contributed by atoms with Crippen LogP contribution >= 0.6 is 0 Å². The average molecular weight is 235 g/mol. The SMILES string of the molecule is COc1cccc(CCNCC2(C)COC2)c1. The van der Waals surface area contributed by atoms with Crippen molar-refractivity contribution in [1.29, 1.82) is 0 Å². The second-order valence-electron chi connectivity index (χ2n) is 5.08. The summed E-state index contributed by atoms with van der Waals surface area (Å²) < 4.78 is 10.4. The van der Waals surface area contributed by atoms with Crippen LogP contribution < -0.4 is 10.1 Å². The second kappa shape index (κ2) is 5.52. The Kier molecular flexibility index (Phi) is 4.02. The number of rotatable bonds is 6. The van der Waals surface area contributed by atoms with Crippen molar-refractivity contribution in [2.75, 3.05) is 33.4 Å². The summed E-state index contributed by atoms with van der Waals surface area (Å²) in [6, 6.07) is 8.24. The van der Waals surface area contributed by atoms with Crippen molar-refractivity contribution in [2.45, 2.75) is 13.3 Å². The summed E-state index contributed by atoms with van der Waals surface area (Å²) >= 11 is 0. The molecule has 0 bridgehead atoms. The third-order valence-electron chi connectivity index (χ3n) is 3.18. The zero-order valence-electron chi connectivity index (χ0n) is 10.7. The van der Waals surface area contributed by atoms with Crippen LogP contribution in [-0.4, -0.2) is 33.4 Å². The molecule has 0 radical (unpaired) electrons. The summed E-state index contributed by atoms with van der Waals surface area (Å²) in [5, 5.41) is 3.49. The lowest BCUT2D eigenvalue weighted by atomic mass is 9.89. The van der Waals surface area contributed by atoms with E-state index >= 15 is 0 Å². The van der Waals surface area contributed by atoms with Gasteiger partial charge in [0.05, 0.1) is 20.3 Å². The lowest BCUT2D eigenvalue weighted by molar-refractivity contribution is -0.0988. The fourth-order valence-corrected chi connectivity index (χ4v) is 2.00. The molecule has 1 aliphatic rings. The molecule has 1 aromatic rings. The molecule has 0 unspecified atom stereocenters. The molecule has 17 heavy (non-hydrogen) atoms. The first-order chi connectivity index (χ1) is 8.22. The molecule has 2 rings (SSSR count). The minimum atomic E-state index is 0.356. The van der Waals surface area contributed by atoms with Crippen molar-refractivity contribution in [2.24, 2.45) is 5.41 Å². The average Bonchev–Trinajstić information content (AvgIpc) is 2.33. The van der Waals surface area contributed by atoms with Crippen LogP contribution in [0.5, 0.6) is 5.75 Å². The van der Waals surface area contributed by atoms with E-state index in [1.807, 2.05) is 12.1 Å². The summed E-state index contributed by atoms with van der Waals surface area (Å²) in [6.07, 6.45) is 1.04. The van der Waals surface area contributed by atoms with Gasteiger partial charge in [-0.2, -0.15) is 0 Å². The molecule has 1 heterocycles. The predicted molar refractivity (Wildman–Crippen MR) is 68.5 cm³/mol. The Morgan fingerprint density at radius 3 is 2.88 bits per heavy atom. The number of hydrogen-bond acceptors (Lipinski definition) is 3. The van der Waals surface area contributed by atoms with Crippen molar-refractivity contribution < 1.29 is 9.47 Å². The van der Waals surface area contributed by atoms with Crippen molar-refractivity contribution in [3.05, 3.63) is 29.8 Å². The molecule has 94 valence electrons. The molecule has 1 saturated heterocycles. The normalized spacial score (nSPS) is 17.5. The van der Waals surface area contributed by atoms with E-state index < -0.39 is 0 Å². The molecule has 1 aromatic carbocycles. The Morgan fingerprint density at radius 2 is 2.24 bits per heavy atom. The van der Waals surface area contributed by atoms with Gasteiger partial charge in [-0.25, -0.2) is 0 Å². The molecule has 0 amide bonds. The van der Waals surface area contributed by atoms with E-state index in [1.165, 1.54) is 5.56 Å². The van der Waals surface area contributed by atoms with Crippen molar-refractivity contribution >= 4 is 0 Å². The number of hydrogen-bond donors (Lipinski definition) is 1. The Morgan fingerprint density at radius 1 is 1.41 bits per heavy atom. The maximum absolute atomic E-state index is 5.23. The Balaban J connectivity index is 1.70. The van der Waals surface area contributed by atoms with Crippen LogP contribution in [0.15, 0.2) is 24.3 Å². The van der Waals surface area contributed by atoms with Gasteiger partial charge < -0.3 is 14.8 Å². The van der Waals surface area contributed by atoms with Crippen LogP contribution in [0.2, 0.25) is 0 Å². The highest BCUT2D eigenvalue weighted by Crippen LogP contribution is 2.24. The summed E-state index contributed by atoms with van der Waals surface area (Å²) in [6.45, 7) is 6.08. The van der Waals surface area contributed by atoms with Gasteiger partial charge in [-0.15, -0.1) is 0 Å². The largest absolute Gasteiger partial charge is 0.497 e. The van der Waals surface area contributed by atoms with Crippen molar-refractivity contribution in [3.8, 4) is 5.75 Å². The van der Waals surface area contributed by atoms with E-state index in [-0.39, 0.29) is 0 Å². The fraction of sp³-hybridized carbons (Fsp3) is 0.571. The predicted octanol–water partition coefficient (Wildman–Crippen LogP) is 1.86. The van der Waals surface area contributed by atoms with Crippen LogP contribution in [-0.2, 0) is 11.2 Å². The maximum atomic E-state index is 5.23. The van der Waals surface area contributed by atoms with Crippen molar-refractivity contribution in [1.82, 2.24) is 5.32 Å².